The Morgan fingerprint density at radius 3 is 2.11 bits per heavy atom. The Balaban J connectivity index is 2.34. The summed E-state index contributed by atoms with van der Waals surface area (Å²) in [5.74, 6) is 0. The van der Waals surface area contributed by atoms with Gasteiger partial charge in [0, 0.05) is 11.4 Å². The van der Waals surface area contributed by atoms with E-state index in [2.05, 4.69) is 10.8 Å². The second kappa shape index (κ2) is 4.58. The third-order valence-electron chi connectivity index (χ3n) is 2.23. The minimum atomic E-state index is -3.63. The van der Waals surface area contributed by atoms with Gasteiger partial charge >= 0.3 is 0 Å². The zero-order valence-electron chi connectivity index (χ0n) is 9.42. The molecule has 0 atom stereocenters. The van der Waals surface area contributed by atoms with Crippen molar-refractivity contribution in [1.82, 2.24) is 0 Å². The molecule has 5 N–H and O–H groups in total. The number of nitrogens with one attached hydrogen (secondary N) is 1. The van der Waals surface area contributed by atoms with Crippen LogP contribution >= 0.6 is 0 Å². The number of anilines is 3. The molecule has 2 rings (SSSR count). The van der Waals surface area contributed by atoms with Gasteiger partial charge in [-0.3, -0.25) is 4.72 Å². The summed E-state index contributed by atoms with van der Waals surface area (Å²) in [6.07, 6.45) is 0. The molecule has 0 spiro atoms. The van der Waals surface area contributed by atoms with E-state index >= 15 is 0 Å². The number of rotatable bonds is 3. The first-order chi connectivity index (χ1) is 8.47. The SMILES string of the molecule is Nc1cc(N)cc(NS(=O)(=O)c2cc[c]cc2)c1. The van der Waals surface area contributed by atoms with Crippen LogP contribution in [0.15, 0.2) is 47.4 Å². The first-order valence-corrected chi connectivity index (χ1v) is 6.61. The van der Waals surface area contributed by atoms with E-state index in [0.29, 0.717) is 17.1 Å². The van der Waals surface area contributed by atoms with Crippen LogP contribution in [-0.4, -0.2) is 8.42 Å². The van der Waals surface area contributed by atoms with Crippen LogP contribution in [0.1, 0.15) is 0 Å². The molecule has 93 valence electrons. The molecule has 0 amide bonds. The third kappa shape index (κ3) is 2.72. The summed E-state index contributed by atoms with van der Waals surface area (Å²) >= 11 is 0. The van der Waals surface area contributed by atoms with Gasteiger partial charge in [0.25, 0.3) is 10.0 Å². The van der Waals surface area contributed by atoms with E-state index in [-0.39, 0.29) is 4.90 Å². The van der Waals surface area contributed by atoms with Crippen LogP contribution in [0.4, 0.5) is 17.1 Å². The predicted molar refractivity (Wildman–Crippen MR) is 71.4 cm³/mol. The molecule has 0 aliphatic carbocycles. The maximum Gasteiger partial charge on any atom is 0.261 e. The topological polar surface area (TPSA) is 98.2 Å². The van der Waals surface area contributed by atoms with Gasteiger partial charge in [0.15, 0.2) is 0 Å². The molecule has 1 radical (unpaired) electrons. The summed E-state index contributed by atoms with van der Waals surface area (Å²) in [5.41, 5.74) is 12.3. The number of benzene rings is 2. The largest absolute Gasteiger partial charge is 0.399 e. The molecular formula is C12H12N3O2S. The van der Waals surface area contributed by atoms with Gasteiger partial charge in [-0.25, -0.2) is 8.42 Å². The normalized spacial score (nSPS) is 11.1. The van der Waals surface area contributed by atoms with Crippen LogP contribution < -0.4 is 16.2 Å². The summed E-state index contributed by atoms with van der Waals surface area (Å²) in [6.45, 7) is 0. The number of nitrogen functional groups attached to an aromatic ring is 2. The van der Waals surface area contributed by atoms with Crippen molar-refractivity contribution < 1.29 is 8.42 Å². The van der Waals surface area contributed by atoms with Gasteiger partial charge in [-0.05, 0) is 36.4 Å². The summed E-state index contributed by atoms with van der Waals surface area (Å²) in [7, 11) is -3.63. The van der Waals surface area contributed by atoms with Crippen molar-refractivity contribution in [3.63, 3.8) is 0 Å². The smallest absolute Gasteiger partial charge is 0.261 e. The molecule has 18 heavy (non-hydrogen) atoms. The highest BCUT2D eigenvalue weighted by molar-refractivity contribution is 7.92. The lowest BCUT2D eigenvalue weighted by atomic mass is 10.2. The van der Waals surface area contributed by atoms with Crippen LogP contribution in [0.5, 0.6) is 0 Å². The van der Waals surface area contributed by atoms with Gasteiger partial charge in [-0.2, -0.15) is 0 Å². The summed E-state index contributed by atoms with van der Waals surface area (Å²) < 4.78 is 26.4. The highest BCUT2D eigenvalue weighted by Gasteiger charge is 2.13. The minimum absolute atomic E-state index is 0.155. The minimum Gasteiger partial charge on any atom is -0.399 e. The van der Waals surface area contributed by atoms with Crippen molar-refractivity contribution >= 4 is 27.1 Å². The van der Waals surface area contributed by atoms with Crippen LogP contribution in [-0.2, 0) is 10.0 Å². The molecule has 0 saturated heterocycles. The summed E-state index contributed by atoms with van der Waals surface area (Å²) in [4.78, 5) is 0.155. The van der Waals surface area contributed by atoms with E-state index in [0.717, 1.165) is 0 Å². The average Bonchev–Trinajstić information content (AvgIpc) is 2.28. The standard InChI is InChI=1S/C12H12N3O2S/c13-9-6-10(14)8-11(7-9)15-18(16,17)12-4-2-1-3-5-12/h2-8,15H,13-14H2. The van der Waals surface area contributed by atoms with E-state index in [1.807, 2.05) is 0 Å². The molecule has 0 unspecified atom stereocenters. The highest BCUT2D eigenvalue weighted by Crippen LogP contribution is 2.21. The van der Waals surface area contributed by atoms with Crippen LogP contribution in [0.25, 0.3) is 0 Å². The van der Waals surface area contributed by atoms with Gasteiger partial charge in [-0.1, -0.05) is 12.1 Å². The molecule has 5 nitrogen and oxygen atoms in total. The number of hydrogen-bond acceptors (Lipinski definition) is 4. The molecule has 0 fully saturated rings. The lowest BCUT2D eigenvalue weighted by Gasteiger charge is -2.09. The lowest BCUT2D eigenvalue weighted by molar-refractivity contribution is 0.601. The van der Waals surface area contributed by atoms with Crippen molar-refractivity contribution in [3.05, 3.63) is 48.5 Å². The summed E-state index contributed by atoms with van der Waals surface area (Å²) in [5, 5.41) is 0. The van der Waals surface area contributed by atoms with Crippen molar-refractivity contribution in [3.8, 4) is 0 Å². The Labute approximate surface area is 105 Å². The molecule has 2 aromatic rings. The Kier molecular flexibility index (Phi) is 3.12. The Hall–Kier alpha value is -2.21. The average molecular weight is 262 g/mol. The third-order valence-corrected chi connectivity index (χ3v) is 3.63. The van der Waals surface area contributed by atoms with Crippen molar-refractivity contribution in [2.45, 2.75) is 4.90 Å². The molecule has 0 aliphatic rings. The quantitative estimate of drug-likeness (QED) is 0.729. The predicted octanol–water partition coefficient (Wildman–Crippen LogP) is 1.45. The Morgan fingerprint density at radius 1 is 1.00 bits per heavy atom. The van der Waals surface area contributed by atoms with E-state index < -0.39 is 10.0 Å². The summed E-state index contributed by atoms with van der Waals surface area (Å²) in [6, 6.07) is 13.3. The zero-order chi connectivity index (χ0) is 13.2. The van der Waals surface area contributed by atoms with Crippen molar-refractivity contribution in [2.75, 3.05) is 16.2 Å². The molecule has 0 aliphatic heterocycles. The van der Waals surface area contributed by atoms with E-state index in [1.165, 1.54) is 36.4 Å². The first kappa shape index (κ1) is 12.3. The first-order valence-electron chi connectivity index (χ1n) is 5.12. The van der Waals surface area contributed by atoms with Crippen LogP contribution in [0.3, 0.4) is 0 Å². The maximum atomic E-state index is 12.0. The molecule has 6 heteroatoms. The fourth-order valence-corrected chi connectivity index (χ4v) is 2.54. The fourth-order valence-electron chi connectivity index (χ4n) is 1.50. The van der Waals surface area contributed by atoms with E-state index in [1.54, 1.807) is 6.07 Å². The maximum absolute atomic E-state index is 12.0. The fraction of sp³-hybridized carbons (Fsp3) is 0. The van der Waals surface area contributed by atoms with Gasteiger partial charge in [-0.15, -0.1) is 0 Å². The zero-order valence-corrected chi connectivity index (χ0v) is 10.2. The highest BCUT2D eigenvalue weighted by atomic mass is 32.2. The Morgan fingerprint density at radius 2 is 1.56 bits per heavy atom. The van der Waals surface area contributed by atoms with Crippen molar-refractivity contribution in [1.29, 1.82) is 0 Å². The van der Waals surface area contributed by atoms with Gasteiger partial charge < -0.3 is 11.5 Å². The molecule has 2 aromatic carbocycles. The number of nitrogens with two attached hydrogens (primary N) is 2. The second-order valence-corrected chi connectivity index (χ2v) is 5.41. The van der Waals surface area contributed by atoms with Crippen LogP contribution in [0, 0.1) is 6.07 Å². The van der Waals surface area contributed by atoms with Crippen molar-refractivity contribution in [2.24, 2.45) is 0 Å². The second-order valence-electron chi connectivity index (χ2n) is 3.73. The molecule has 0 saturated carbocycles. The monoisotopic (exact) mass is 262 g/mol. The van der Waals surface area contributed by atoms with Crippen LogP contribution in [0.2, 0.25) is 0 Å². The molecule has 0 aromatic heterocycles. The van der Waals surface area contributed by atoms with E-state index in [9.17, 15) is 8.42 Å². The van der Waals surface area contributed by atoms with Gasteiger partial charge in [0.05, 0.1) is 10.6 Å². The molecule has 0 heterocycles. The Bertz CT molecular complexity index is 634. The van der Waals surface area contributed by atoms with E-state index in [4.69, 9.17) is 11.5 Å². The lowest BCUT2D eigenvalue weighted by Crippen LogP contribution is -2.13. The van der Waals surface area contributed by atoms with Gasteiger partial charge in [0.2, 0.25) is 0 Å². The molecule has 0 bridgehead atoms. The molecular weight excluding hydrogens is 250 g/mol. The van der Waals surface area contributed by atoms with Gasteiger partial charge in [0.1, 0.15) is 0 Å². The number of sulfonamides is 1. The number of hydrogen-bond donors (Lipinski definition) is 3.